The molecule has 8 heteroatoms. The van der Waals surface area contributed by atoms with Crippen molar-refractivity contribution in [3.8, 4) is 0 Å². The van der Waals surface area contributed by atoms with Crippen LogP contribution in [-0.2, 0) is 6.18 Å². The van der Waals surface area contributed by atoms with Gasteiger partial charge in [0.15, 0.2) is 5.69 Å². The molecule has 1 aliphatic rings. The van der Waals surface area contributed by atoms with Crippen molar-refractivity contribution in [1.82, 2.24) is 9.97 Å². The van der Waals surface area contributed by atoms with Gasteiger partial charge in [-0.2, -0.15) is 13.2 Å². The summed E-state index contributed by atoms with van der Waals surface area (Å²) >= 11 is 0. The van der Waals surface area contributed by atoms with Gasteiger partial charge in [0, 0.05) is 25.2 Å². The largest absolute Gasteiger partial charge is 0.433 e. The van der Waals surface area contributed by atoms with Crippen LogP contribution in [0.25, 0.3) is 0 Å². The lowest BCUT2D eigenvalue weighted by Gasteiger charge is -2.17. The van der Waals surface area contributed by atoms with E-state index in [1.54, 1.807) is 4.90 Å². The van der Waals surface area contributed by atoms with Crippen LogP contribution in [0.3, 0.4) is 0 Å². The molecule has 0 aliphatic carbocycles. The fourth-order valence-corrected chi connectivity index (χ4v) is 1.72. The van der Waals surface area contributed by atoms with Crippen molar-refractivity contribution in [3.05, 3.63) is 22.1 Å². The van der Waals surface area contributed by atoms with Crippen LogP contribution in [0.4, 0.5) is 19.1 Å². The van der Waals surface area contributed by atoms with Crippen LogP contribution in [0.1, 0.15) is 12.1 Å². The molecule has 1 fully saturated rings. The second-order valence-corrected chi connectivity index (χ2v) is 3.95. The summed E-state index contributed by atoms with van der Waals surface area (Å²) < 4.78 is 37.4. The van der Waals surface area contributed by atoms with Gasteiger partial charge >= 0.3 is 6.18 Å². The first kappa shape index (κ1) is 11.9. The van der Waals surface area contributed by atoms with E-state index in [2.05, 4.69) is 9.97 Å². The predicted octanol–water partition coefficient (Wildman–Crippen LogP) is 0.326. The molecule has 17 heavy (non-hydrogen) atoms. The first-order valence-corrected chi connectivity index (χ1v) is 5.05. The zero-order valence-corrected chi connectivity index (χ0v) is 8.79. The Balaban J connectivity index is 2.36. The van der Waals surface area contributed by atoms with Crippen molar-refractivity contribution in [1.29, 1.82) is 0 Å². The summed E-state index contributed by atoms with van der Waals surface area (Å²) in [6.45, 7) is 0.885. The van der Waals surface area contributed by atoms with Gasteiger partial charge in [-0.25, -0.2) is 4.98 Å². The smallest absolute Gasteiger partial charge is 0.341 e. The molecule has 2 heterocycles. The van der Waals surface area contributed by atoms with Crippen LogP contribution >= 0.6 is 0 Å². The maximum atomic E-state index is 12.5. The zero-order valence-electron chi connectivity index (χ0n) is 8.79. The molecule has 1 aliphatic heterocycles. The molecule has 1 atom stereocenters. The molecule has 0 amide bonds. The van der Waals surface area contributed by atoms with E-state index in [1.807, 2.05) is 0 Å². The van der Waals surface area contributed by atoms with E-state index in [9.17, 15) is 18.0 Å². The van der Waals surface area contributed by atoms with Gasteiger partial charge in [-0.15, -0.1) is 0 Å². The Kier molecular flexibility index (Phi) is 2.82. The van der Waals surface area contributed by atoms with Crippen LogP contribution in [-0.4, -0.2) is 29.1 Å². The summed E-state index contributed by atoms with van der Waals surface area (Å²) in [7, 11) is 0. The lowest BCUT2D eigenvalue weighted by Crippen LogP contribution is -2.30. The van der Waals surface area contributed by atoms with E-state index in [1.165, 1.54) is 0 Å². The SMILES string of the molecule is NC1CCN(c2nc(C(F)(F)F)cc(=O)[nH]2)C1. The minimum absolute atomic E-state index is 0.0715. The van der Waals surface area contributed by atoms with Crippen LogP contribution in [0.15, 0.2) is 10.9 Å². The van der Waals surface area contributed by atoms with E-state index in [0.717, 1.165) is 0 Å². The molecular weight excluding hydrogens is 237 g/mol. The van der Waals surface area contributed by atoms with Crippen LogP contribution in [0.5, 0.6) is 0 Å². The highest BCUT2D eigenvalue weighted by molar-refractivity contribution is 5.33. The van der Waals surface area contributed by atoms with E-state index in [4.69, 9.17) is 5.73 Å². The number of halogens is 3. The van der Waals surface area contributed by atoms with Gasteiger partial charge in [0.1, 0.15) is 0 Å². The standard InChI is InChI=1S/C9H11F3N4O/c10-9(11,12)6-3-7(17)15-8(14-6)16-2-1-5(13)4-16/h3,5H,1-2,4,13H2,(H,14,15,17). The Hall–Kier alpha value is -1.57. The van der Waals surface area contributed by atoms with Crippen molar-refractivity contribution >= 4 is 5.95 Å². The third-order valence-electron chi connectivity index (χ3n) is 2.54. The number of nitrogens with two attached hydrogens (primary N) is 1. The number of alkyl halides is 3. The average Bonchev–Trinajstić information content (AvgIpc) is 2.62. The Morgan fingerprint density at radius 3 is 2.76 bits per heavy atom. The van der Waals surface area contributed by atoms with Crippen LogP contribution in [0, 0.1) is 0 Å². The summed E-state index contributed by atoms with van der Waals surface area (Å²) in [6, 6.07) is 0.342. The summed E-state index contributed by atoms with van der Waals surface area (Å²) in [5, 5.41) is 0. The average molecular weight is 248 g/mol. The molecule has 1 aromatic rings. The molecule has 0 radical (unpaired) electrons. The van der Waals surface area contributed by atoms with E-state index in [-0.39, 0.29) is 12.0 Å². The number of nitrogens with one attached hydrogen (secondary N) is 1. The molecule has 1 saturated heterocycles. The minimum atomic E-state index is -4.62. The summed E-state index contributed by atoms with van der Waals surface area (Å²) in [5.74, 6) is -0.0715. The molecule has 3 N–H and O–H groups in total. The Bertz CT molecular complexity index is 470. The minimum Gasteiger partial charge on any atom is -0.341 e. The van der Waals surface area contributed by atoms with Crippen molar-refractivity contribution < 1.29 is 13.2 Å². The van der Waals surface area contributed by atoms with Gasteiger partial charge < -0.3 is 10.6 Å². The maximum Gasteiger partial charge on any atom is 0.433 e. The number of rotatable bonds is 1. The third kappa shape index (κ3) is 2.57. The first-order chi connectivity index (χ1) is 7.86. The summed E-state index contributed by atoms with van der Waals surface area (Å²) in [6.07, 6.45) is -3.95. The molecule has 1 unspecified atom stereocenters. The molecule has 1 aromatic heterocycles. The first-order valence-electron chi connectivity index (χ1n) is 5.05. The number of H-pyrrole nitrogens is 1. The van der Waals surface area contributed by atoms with Crippen molar-refractivity contribution in [2.24, 2.45) is 5.73 Å². The topological polar surface area (TPSA) is 75.0 Å². The molecule has 94 valence electrons. The van der Waals surface area contributed by atoms with Gasteiger partial charge in [-0.3, -0.25) is 9.78 Å². The number of aromatic nitrogens is 2. The second kappa shape index (κ2) is 4.02. The van der Waals surface area contributed by atoms with Gasteiger partial charge in [0.2, 0.25) is 5.95 Å². The quantitative estimate of drug-likeness (QED) is 0.750. The van der Waals surface area contributed by atoms with E-state index >= 15 is 0 Å². The second-order valence-electron chi connectivity index (χ2n) is 3.95. The molecule has 0 bridgehead atoms. The fourth-order valence-electron chi connectivity index (χ4n) is 1.72. The predicted molar refractivity (Wildman–Crippen MR) is 54.7 cm³/mol. The number of hydrogen-bond acceptors (Lipinski definition) is 4. The summed E-state index contributed by atoms with van der Waals surface area (Å²) in [4.78, 5) is 18.4. The van der Waals surface area contributed by atoms with Gasteiger partial charge in [-0.1, -0.05) is 0 Å². The third-order valence-corrected chi connectivity index (χ3v) is 2.54. The zero-order chi connectivity index (χ0) is 12.6. The lowest BCUT2D eigenvalue weighted by atomic mass is 10.3. The number of hydrogen-bond donors (Lipinski definition) is 2. The van der Waals surface area contributed by atoms with E-state index < -0.39 is 17.4 Å². The van der Waals surface area contributed by atoms with Gasteiger partial charge in [0.05, 0.1) is 0 Å². The molecule has 0 aromatic carbocycles. The number of anilines is 1. The fraction of sp³-hybridized carbons (Fsp3) is 0.556. The highest BCUT2D eigenvalue weighted by atomic mass is 19.4. The van der Waals surface area contributed by atoms with Gasteiger partial charge in [-0.05, 0) is 6.42 Å². The molecule has 0 saturated carbocycles. The van der Waals surface area contributed by atoms with Crippen molar-refractivity contribution in [2.45, 2.75) is 18.6 Å². The number of nitrogens with zero attached hydrogens (tertiary/aromatic N) is 2. The molecule has 2 rings (SSSR count). The van der Waals surface area contributed by atoms with Gasteiger partial charge in [0.25, 0.3) is 5.56 Å². The highest BCUT2D eigenvalue weighted by Gasteiger charge is 2.34. The van der Waals surface area contributed by atoms with Crippen LogP contribution in [0.2, 0.25) is 0 Å². The maximum absolute atomic E-state index is 12.5. The Labute approximate surface area is 94.4 Å². The molecule has 0 spiro atoms. The lowest BCUT2D eigenvalue weighted by molar-refractivity contribution is -0.141. The van der Waals surface area contributed by atoms with Crippen LogP contribution < -0.4 is 16.2 Å². The highest BCUT2D eigenvalue weighted by Crippen LogP contribution is 2.27. The van der Waals surface area contributed by atoms with Crippen molar-refractivity contribution in [3.63, 3.8) is 0 Å². The van der Waals surface area contributed by atoms with E-state index in [0.29, 0.717) is 25.6 Å². The summed E-state index contributed by atoms with van der Waals surface area (Å²) in [5.41, 5.74) is 3.64. The molecular formula is C9H11F3N4O. The number of aromatic amines is 1. The Morgan fingerprint density at radius 1 is 1.53 bits per heavy atom. The monoisotopic (exact) mass is 248 g/mol. The molecule has 5 nitrogen and oxygen atoms in total. The normalized spacial score (nSPS) is 20.9. The van der Waals surface area contributed by atoms with Crippen molar-refractivity contribution in [2.75, 3.05) is 18.0 Å². The Morgan fingerprint density at radius 2 is 2.24 bits per heavy atom.